The van der Waals surface area contributed by atoms with Gasteiger partial charge >= 0.3 is 0 Å². The molecule has 0 atom stereocenters. The maximum Gasteiger partial charge on any atom is 0.127 e. The highest BCUT2D eigenvalue weighted by Gasteiger charge is 2.10. The highest BCUT2D eigenvalue weighted by molar-refractivity contribution is 5.79. The van der Waals surface area contributed by atoms with Crippen molar-refractivity contribution in [2.45, 2.75) is 53.4 Å². The quantitative estimate of drug-likeness (QED) is 0.201. The monoisotopic (exact) mass is 454 g/mol. The van der Waals surface area contributed by atoms with E-state index in [0.29, 0.717) is 13.2 Å². The lowest BCUT2D eigenvalue weighted by molar-refractivity contribution is 0.300. The van der Waals surface area contributed by atoms with Crippen molar-refractivity contribution in [3.8, 4) is 11.5 Å². The van der Waals surface area contributed by atoms with Crippen molar-refractivity contribution in [2.24, 2.45) is 0 Å². The van der Waals surface area contributed by atoms with Crippen molar-refractivity contribution in [1.82, 2.24) is 0 Å². The lowest BCUT2D eigenvalue weighted by Gasteiger charge is -2.15. The fourth-order valence-corrected chi connectivity index (χ4v) is 3.48. The van der Waals surface area contributed by atoms with Gasteiger partial charge in [0.2, 0.25) is 0 Å². The Bertz CT molecular complexity index is 984. The number of rotatable bonds is 12. The molecule has 3 aromatic rings. The van der Waals surface area contributed by atoms with Crippen LogP contribution < -0.4 is 9.47 Å². The maximum absolute atomic E-state index is 6.23. The van der Waals surface area contributed by atoms with Crippen molar-refractivity contribution in [3.05, 3.63) is 94.0 Å². The van der Waals surface area contributed by atoms with Gasteiger partial charge in [0.05, 0.1) is 13.2 Å². The van der Waals surface area contributed by atoms with Gasteiger partial charge in [-0.3, -0.25) is 0 Å². The first-order chi connectivity index (χ1) is 16.6. The van der Waals surface area contributed by atoms with Crippen LogP contribution in [0, 0.1) is 13.8 Å². The van der Waals surface area contributed by atoms with Gasteiger partial charge in [0.15, 0.2) is 0 Å². The van der Waals surface area contributed by atoms with E-state index < -0.39 is 0 Å². The molecule has 0 unspecified atom stereocenters. The number of benzene rings is 3. The van der Waals surface area contributed by atoms with Gasteiger partial charge in [0.1, 0.15) is 11.5 Å². The third kappa shape index (κ3) is 7.95. The first-order valence-electron chi connectivity index (χ1n) is 12.5. The number of ether oxygens (including phenoxy) is 2. The van der Waals surface area contributed by atoms with Gasteiger partial charge in [0.25, 0.3) is 0 Å². The van der Waals surface area contributed by atoms with Gasteiger partial charge < -0.3 is 9.47 Å². The van der Waals surface area contributed by atoms with Crippen LogP contribution in [0.3, 0.4) is 0 Å². The van der Waals surface area contributed by atoms with Crippen molar-refractivity contribution in [2.75, 3.05) is 13.2 Å². The van der Waals surface area contributed by atoms with E-state index in [4.69, 9.17) is 9.47 Å². The molecule has 0 aliphatic carbocycles. The summed E-state index contributed by atoms with van der Waals surface area (Å²) in [4.78, 5) is 0. The highest BCUT2D eigenvalue weighted by Crippen LogP contribution is 2.32. The van der Waals surface area contributed by atoms with Crippen LogP contribution >= 0.6 is 0 Å². The molecule has 0 bridgehead atoms. The first kappa shape index (κ1) is 25.4. The molecule has 0 N–H and O–H groups in total. The van der Waals surface area contributed by atoms with Crippen molar-refractivity contribution < 1.29 is 9.47 Å². The van der Waals surface area contributed by atoms with Crippen molar-refractivity contribution in [3.63, 3.8) is 0 Å². The molecule has 3 aromatic carbocycles. The van der Waals surface area contributed by atoms with E-state index in [1.54, 1.807) is 0 Å². The molecule has 0 aliphatic rings. The topological polar surface area (TPSA) is 18.5 Å². The molecule has 0 aromatic heterocycles. The van der Waals surface area contributed by atoms with E-state index in [0.717, 1.165) is 48.3 Å². The van der Waals surface area contributed by atoms with Gasteiger partial charge in [-0.2, -0.15) is 0 Å². The molecule has 178 valence electrons. The molecular formula is C32H38O2. The number of hydrogen-bond donors (Lipinski definition) is 0. The molecule has 2 heteroatoms. The summed E-state index contributed by atoms with van der Waals surface area (Å²) >= 11 is 0. The molecular weight excluding hydrogens is 416 g/mol. The maximum atomic E-state index is 6.23. The van der Waals surface area contributed by atoms with Crippen molar-refractivity contribution in [1.29, 1.82) is 0 Å². The Morgan fingerprint density at radius 1 is 0.559 bits per heavy atom. The Morgan fingerprint density at radius 2 is 0.941 bits per heavy atom. The molecule has 0 saturated heterocycles. The molecule has 3 rings (SSSR count). The van der Waals surface area contributed by atoms with Crippen LogP contribution in [0.15, 0.2) is 60.7 Å². The fraction of sp³-hybridized carbons (Fsp3) is 0.312. The molecule has 0 saturated carbocycles. The summed E-state index contributed by atoms with van der Waals surface area (Å²) in [5.41, 5.74) is 6.93. The van der Waals surface area contributed by atoms with E-state index in [2.05, 4.69) is 113 Å². The minimum absolute atomic E-state index is 0.707. The molecule has 34 heavy (non-hydrogen) atoms. The van der Waals surface area contributed by atoms with E-state index in [1.807, 2.05) is 0 Å². The molecule has 0 radical (unpaired) electrons. The van der Waals surface area contributed by atoms with Crippen LogP contribution in [0.5, 0.6) is 11.5 Å². The van der Waals surface area contributed by atoms with E-state index in [9.17, 15) is 0 Å². The van der Waals surface area contributed by atoms with Gasteiger partial charge in [-0.25, -0.2) is 0 Å². The van der Waals surface area contributed by atoms with Crippen LogP contribution in [0.4, 0.5) is 0 Å². The molecule has 2 nitrogen and oxygen atoms in total. The first-order valence-corrected chi connectivity index (χ1v) is 12.5. The number of hydrogen-bond acceptors (Lipinski definition) is 2. The average Bonchev–Trinajstić information content (AvgIpc) is 2.85. The summed E-state index contributed by atoms with van der Waals surface area (Å²) in [5, 5.41) is 0. The van der Waals surface area contributed by atoms with E-state index in [-0.39, 0.29) is 0 Å². The normalized spacial score (nSPS) is 11.4. The molecule has 0 amide bonds. The molecule has 0 aliphatic heterocycles. The zero-order valence-corrected chi connectivity index (χ0v) is 21.1. The summed E-state index contributed by atoms with van der Waals surface area (Å²) in [6.07, 6.45) is 12.8. The van der Waals surface area contributed by atoms with Crippen LogP contribution in [-0.2, 0) is 0 Å². The average molecular weight is 455 g/mol. The van der Waals surface area contributed by atoms with Gasteiger partial charge in [-0.1, -0.05) is 111 Å². The Kier molecular flexibility index (Phi) is 10.0. The smallest absolute Gasteiger partial charge is 0.127 e. The second kappa shape index (κ2) is 13.4. The standard InChI is InChI=1S/C32H38O2/c1-5-7-21-33-31-23-30(20-18-28-15-11-26(4)12-16-28)32(34-22-8-6-2)24-29(31)19-17-27-13-9-25(3)10-14-27/h9-20,23-24H,5-8,21-22H2,1-4H3/b19-17+,20-18+. The van der Waals surface area contributed by atoms with Crippen molar-refractivity contribution >= 4 is 24.3 Å². The van der Waals surface area contributed by atoms with Crippen LogP contribution in [0.25, 0.3) is 24.3 Å². The summed E-state index contributed by atoms with van der Waals surface area (Å²) in [6.45, 7) is 9.99. The predicted molar refractivity (Wildman–Crippen MR) is 147 cm³/mol. The third-order valence-corrected chi connectivity index (χ3v) is 5.72. The second-order valence-electron chi connectivity index (χ2n) is 8.82. The summed E-state index contributed by atoms with van der Waals surface area (Å²) in [7, 11) is 0. The van der Waals surface area contributed by atoms with Gasteiger partial charge in [-0.05, 0) is 49.9 Å². The lowest BCUT2D eigenvalue weighted by Crippen LogP contribution is -2.02. The summed E-state index contributed by atoms with van der Waals surface area (Å²) in [5.74, 6) is 1.78. The largest absolute Gasteiger partial charge is 0.493 e. The number of unbranched alkanes of at least 4 members (excludes halogenated alkanes) is 2. The minimum Gasteiger partial charge on any atom is -0.493 e. The summed E-state index contributed by atoms with van der Waals surface area (Å²) in [6, 6.07) is 21.3. The zero-order valence-electron chi connectivity index (χ0n) is 21.1. The van der Waals surface area contributed by atoms with E-state index in [1.165, 1.54) is 22.3 Å². The SMILES string of the molecule is CCCCOc1cc(/C=C/c2ccc(C)cc2)c(OCCCC)cc1/C=C/c1ccc(C)cc1. The zero-order chi connectivity index (χ0) is 24.2. The second-order valence-corrected chi connectivity index (χ2v) is 8.82. The predicted octanol–water partition coefficient (Wildman–Crippen LogP) is 9.00. The molecule has 0 spiro atoms. The summed E-state index contributed by atoms with van der Waals surface area (Å²) < 4.78 is 12.5. The van der Waals surface area contributed by atoms with Crippen LogP contribution in [0.1, 0.15) is 72.9 Å². The molecule has 0 fully saturated rings. The Morgan fingerprint density at radius 3 is 1.29 bits per heavy atom. The number of aryl methyl sites for hydroxylation is 2. The van der Waals surface area contributed by atoms with Crippen LogP contribution in [0.2, 0.25) is 0 Å². The van der Waals surface area contributed by atoms with Gasteiger partial charge in [-0.15, -0.1) is 0 Å². The fourth-order valence-electron chi connectivity index (χ4n) is 3.48. The van der Waals surface area contributed by atoms with Crippen LogP contribution in [-0.4, -0.2) is 13.2 Å². The lowest BCUT2D eigenvalue weighted by atomic mass is 10.0. The third-order valence-electron chi connectivity index (χ3n) is 5.72. The van der Waals surface area contributed by atoms with Gasteiger partial charge in [0, 0.05) is 11.1 Å². The minimum atomic E-state index is 0.707. The van der Waals surface area contributed by atoms with E-state index >= 15 is 0 Å². The Balaban J connectivity index is 1.97. The highest BCUT2D eigenvalue weighted by atomic mass is 16.5. The molecule has 0 heterocycles. The Hall–Kier alpha value is -3.26. The Labute approximate surface area is 206 Å².